The van der Waals surface area contributed by atoms with E-state index in [1.165, 1.54) is 13.1 Å². The van der Waals surface area contributed by atoms with Gasteiger partial charge in [0.15, 0.2) is 0 Å². The van der Waals surface area contributed by atoms with Gasteiger partial charge < -0.3 is 5.32 Å². The van der Waals surface area contributed by atoms with Crippen LogP contribution in [0.1, 0.15) is 17.2 Å². The fourth-order valence-electron chi connectivity index (χ4n) is 2.18. The van der Waals surface area contributed by atoms with Gasteiger partial charge in [-0.15, -0.1) is 0 Å². The van der Waals surface area contributed by atoms with E-state index >= 15 is 0 Å². The maximum Gasteiger partial charge on any atom is 0.145 e. The van der Waals surface area contributed by atoms with Crippen LogP contribution in [0, 0.1) is 23.3 Å². The fourth-order valence-corrected chi connectivity index (χ4v) is 2.52. The first-order chi connectivity index (χ1) is 9.92. The third-order valence-corrected chi connectivity index (χ3v) is 3.75. The summed E-state index contributed by atoms with van der Waals surface area (Å²) in [6.45, 7) is 0. The lowest BCUT2D eigenvalue weighted by Gasteiger charge is -2.19. The molecule has 0 radical (unpaired) electrons. The Balaban J connectivity index is 2.39. The zero-order chi connectivity index (χ0) is 15.6. The Kier molecular flexibility index (Phi) is 5.00. The summed E-state index contributed by atoms with van der Waals surface area (Å²) in [7, 11) is 1.53. The molecule has 0 heterocycles. The first kappa shape index (κ1) is 16.0. The Morgan fingerprint density at radius 3 is 2.24 bits per heavy atom. The quantitative estimate of drug-likeness (QED) is 0.624. The topological polar surface area (TPSA) is 12.0 Å². The Labute approximate surface area is 128 Å². The van der Waals surface area contributed by atoms with Crippen LogP contribution >= 0.6 is 15.9 Å². The first-order valence-corrected chi connectivity index (χ1v) is 6.97. The average molecular weight is 362 g/mol. The summed E-state index contributed by atoms with van der Waals surface area (Å²) in [6.07, 6.45) is 0.0511. The smallest absolute Gasteiger partial charge is 0.145 e. The van der Waals surface area contributed by atoms with Crippen LogP contribution in [0.15, 0.2) is 34.8 Å². The molecule has 2 rings (SSSR count). The van der Waals surface area contributed by atoms with Crippen LogP contribution in [0.2, 0.25) is 0 Å². The van der Waals surface area contributed by atoms with E-state index in [-0.39, 0.29) is 16.5 Å². The average Bonchev–Trinajstić information content (AvgIpc) is 2.41. The predicted molar refractivity (Wildman–Crippen MR) is 75.9 cm³/mol. The minimum Gasteiger partial charge on any atom is -0.313 e. The molecule has 0 saturated heterocycles. The predicted octanol–water partition coefficient (Wildman–Crippen LogP) is 4.51. The number of halogens is 5. The number of hydrogen-bond donors (Lipinski definition) is 1. The maximum absolute atomic E-state index is 14.1. The molecule has 0 amide bonds. The molecule has 0 aliphatic rings. The maximum atomic E-state index is 14.1. The van der Waals surface area contributed by atoms with Crippen LogP contribution in [0.3, 0.4) is 0 Å². The third kappa shape index (κ3) is 3.63. The highest BCUT2D eigenvalue weighted by atomic mass is 79.9. The number of rotatable bonds is 4. The van der Waals surface area contributed by atoms with Crippen LogP contribution in [-0.2, 0) is 6.42 Å². The van der Waals surface area contributed by atoms with Crippen LogP contribution in [-0.4, -0.2) is 7.05 Å². The first-order valence-electron chi connectivity index (χ1n) is 6.18. The summed E-state index contributed by atoms with van der Waals surface area (Å²) < 4.78 is 54.5. The van der Waals surface area contributed by atoms with Crippen molar-refractivity contribution >= 4 is 15.9 Å². The Hall–Kier alpha value is -1.40. The summed E-state index contributed by atoms with van der Waals surface area (Å²) in [4.78, 5) is 0. The van der Waals surface area contributed by atoms with Crippen molar-refractivity contribution in [1.82, 2.24) is 5.32 Å². The van der Waals surface area contributed by atoms with E-state index in [4.69, 9.17) is 0 Å². The standard InChI is InChI=1S/C15H12BrF4N/c1-21-13(6-8-4-9(17)7-10(18)5-8)14-12(19)3-2-11(16)15(14)20/h2-5,7,13,21H,6H2,1H3. The van der Waals surface area contributed by atoms with Gasteiger partial charge in [-0.1, -0.05) is 0 Å². The van der Waals surface area contributed by atoms with Gasteiger partial charge in [0, 0.05) is 17.7 Å². The van der Waals surface area contributed by atoms with E-state index in [0.717, 1.165) is 24.3 Å². The molecule has 112 valence electrons. The third-order valence-electron chi connectivity index (χ3n) is 3.14. The van der Waals surface area contributed by atoms with Gasteiger partial charge >= 0.3 is 0 Å². The van der Waals surface area contributed by atoms with Gasteiger partial charge in [0.2, 0.25) is 0 Å². The molecule has 6 heteroatoms. The normalized spacial score (nSPS) is 12.5. The van der Waals surface area contributed by atoms with E-state index < -0.39 is 29.3 Å². The van der Waals surface area contributed by atoms with E-state index in [0.29, 0.717) is 5.56 Å². The van der Waals surface area contributed by atoms with Gasteiger partial charge in [0.1, 0.15) is 23.3 Å². The second-order valence-electron chi connectivity index (χ2n) is 4.58. The molecule has 2 aromatic carbocycles. The van der Waals surface area contributed by atoms with Crippen molar-refractivity contribution in [2.45, 2.75) is 12.5 Å². The molecule has 0 spiro atoms. The second kappa shape index (κ2) is 6.58. The molecule has 0 aliphatic heterocycles. The molecule has 1 atom stereocenters. The van der Waals surface area contributed by atoms with Gasteiger partial charge in [-0.3, -0.25) is 0 Å². The second-order valence-corrected chi connectivity index (χ2v) is 5.43. The van der Waals surface area contributed by atoms with Crippen molar-refractivity contribution in [1.29, 1.82) is 0 Å². The molecular weight excluding hydrogens is 350 g/mol. The molecule has 1 N–H and O–H groups in total. The van der Waals surface area contributed by atoms with E-state index in [2.05, 4.69) is 21.2 Å². The van der Waals surface area contributed by atoms with Crippen molar-refractivity contribution in [3.05, 3.63) is 69.2 Å². The molecule has 0 aromatic heterocycles. The Morgan fingerprint density at radius 1 is 1.05 bits per heavy atom. The highest BCUT2D eigenvalue weighted by Crippen LogP contribution is 2.29. The van der Waals surface area contributed by atoms with Crippen LogP contribution in [0.25, 0.3) is 0 Å². The van der Waals surface area contributed by atoms with E-state index in [9.17, 15) is 17.6 Å². The minimum absolute atomic E-state index is 0.0511. The zero-order valence-corrected chi connectivity index (χ0v) is 12.6. The van der Waals surface area contributed by atoms with Crippen molar-refractivity contribution in [2.24, 2.45) is 0 Å². The summed E-state index contributed by atoms with van der Waals surface area (Å²) in [5.74, 6) is -2.90. The zero-order valence-electron chi connectivity index (χ0n) is 11.1. The molecule has 0 fully saturated rings. The van der Waals surface area contributed by atoms with Crippen molar-refractivity contribution < 1.29 is 17.6 Å². The van der Waals surface area contributed by atoms with Crippen LogP contribution in [0.5, 0.6) is 0 Å². The number of likely N-dealkylation sites (N-methyl/N-ethyl adjacent to an activating group) is 1. The highest BCUT2D eigenvalue weighted by molar-refractivity contribution is 9.10. The van der Waals surface area contributed by atoms with Crippen molar-refractivity contribution in [2.75, 3.05) is 7.05 Å². The van der Waals surface area contributed by atoms with Gasteiger partial charge in [0.05, 0.1) is 4.47 Å². The van der Waals surface area contributed by atoms with Crippen LogP contribution < -0.4 is 5.32 Å². The van der Waals surface area contributed by atoms with E-state index in [1.807, 2.05) is 0 Å². The van der Waals surface area contributed by atoms with Crippen molar-refractivity contribution in [3.63, 3.8) is 0 Å². The lowest BCUT2D eigenvalue weighted by molar-refractivity contribution is 0.485. The van der Waals surface area contributed by atoms with Gasteiger partial charge in [-0.05, 0) is 59.2 Å². The Morgan fingerprint density at radius 2 is 1.67 bits per heavy atom. The summed E-state index contributed by atoms with van der Waals surface area (Å²) in [5.41, 5.74) is 0.141. The Bertz CT molecular complexity index is 640. The molecule has 0 bridgehead atoms. The largest absolute Gasteiger partial charge is 0.313 e. The number of nitrogens with one attached hydrogen (secondary N) is 1. The summed E-state index contributed by atoms with van der Waals surface area (Å²) in [6, 6.07) is 4.69. The number of hydrogen-bond acceptors (Lipinski definition) is 1. The number of benzene rings is 2. The fraction of sp³-hybridized carbons (Fsp3) is 0.200. The minimum atomic E-state index is -0.747. The monoisotopic (exact) mass is 361 g/mol. The van der Waals surface area contributed by atoms with E-state index in [1.54, 1.807) is 0 Å². The van der Waals surface area contributed by atoms with Crippen LogP contribution in [0.4, 0.5) is 17.6 Å². The molecule has 0 saturated carbocycles. The summed E-state index contributed by atoms with van der Waals surface area (Å²) in [5, 5.41) is 2.77. The van der Waals surface area contributed by atoms with Gasteiger partial charge in [0.25, 0.3) is 0 Å². The lowest BCUT2D eigenvalue weighted by Crippen LogP contribution is -2.22. The van der Waals surface area contributed by atoms with Gasteiger partial charge in [-0.25, -0.2) is 17.6 Å². The lowest BCUT2D eigenvalue weighted by atomic mass is 9.98. The molecular formula is C15H12BrF4N. The highest BCUT2D eigenvalue weighted by Gasteiger charge is 2.21. The molecule has 1 unspecified atom stereocenters. The molecule has 21 heavy (non-hydrogen) atoms. The van der Waals surface area contributed by atoms with Gasteiger partial charge in [-0.2, -0.15) is 0 Å². The van der Waals surface area contributed by atoms with Crippen molar-refractivity contribution in [3.8, 4) is 0 Å². The molecule has 2 aromatic rings. The SMILES string of the molecule is CNC(Cc1cc(F)cc(F)c1)c1c(F)ccc(Br)c1F. The molecule has 1 nitrogen and oxygen atoms in total. The summed E-state index contributed by atoms with van der Waals surface area (Å²) >= 11 is 3.00. The molecule has 0 aliphatic carbocycles.